The van der Waals surface area contributed by atoms with Gasteiger partial charge in [-0.15, -0.1) is 0 Å². The molecule has 0 fully saturated rings. The minimum Gasteiger partial charge on any atom is -0.497 e. The van der Waals surface area contributed by atoms with Gasteiger partial charge in [-0.3, -0.25) is 0 Å². The van der Waals surface area contributed by atoms with Crippen LogP contribution in [0.1, 0.15) is 24.2 Å². The molecule has 20 heavy (non-hydrogen) atoms. The van der Waals surface area contributed by atoms with Crippen LogP contribution < -0.4 is 4.74 Å². The molecule has 4 nitrogen and oxygen atoms in total. The van der Waals surface area contributed by atoms with E-state index >= 15 is 0 Å². The molecule has 0 amide bonds. The smallest absolute Gasteiger partial charge is 0.140 e. The fourth-order valence-corrected chi connectivity index (χ4v) is 2.80. The van der Waals surface area contributed by atoms with E-state index in [1.54, 1.807) is 7.11 Å². The van der Waals surface area contributed by atoms with Gasteiger partial charge in [0.2, 0.25) is 0 Å². The Morgan fingerprint density at radius 3 is 2.80 bits per heavy atom. The van der Waals surface area contributed by atoms with Crippen LogP contribution in [-0.2, 0) is 19.4 Å². The van der Waals surface area contributed by atoms with Crippen LogP contribution in [0, 0.1) is 11.3 Å². The molecule has 1 aromatic heterocycles. The zero-order valence-corrected chi connectivity index (χ0v) is 11.6. The molecule has 0 radical (unpaired) electrons. The molecule has 2 aromatic rings. The first kappa shape index (κ1) is 12.7. The maximum Gasteiger partial charge on any atom is 0.140 e. The molecule has 1 aliphatic rings. The molecule has 0 bridgehead atoms. The summed E-state index contributed by atoms with van der Waals surface area (Å²) in [5.74, 6) is 1.82. The van der Waals surface area contributed by atoms with Gasteiger partial charge < -0.3 is 9.30 Å². The van der Waals surface area contributed by atoms with Crippen molar-refractivity contribution in [3.8, 4) is 23.2 Å². The van der Waals surface area contributed by atoms with Gasteiger partial charge in [0.15, 0.2) is 0 Å². The molecule has 1 aliphatic heterocycles. The Balaban J connectivity index is 2.06. The summed E-state index contributed by atoms with van der Waals surface area (Å²) in [6, 6.07) is 10.2. The van der Waals surface area contributed by atoms with E-state index < -0.39 is 0 Å². The van der Waals surface area contributed by atoms with E-state index in [0.717, 1.165) is 35.8 Å². The second kappa shape index (κ2) is 5.38. The monoisotopic (exact) mass is 267 g/mol. The molecule has 0 saturated carbocycles. The Morgan fingerprint density at radius 2 is 2.10 bits per heavy atom. The average molecular weight is 267 g/mol. The van der Waals surface area contributed by atoms with E-state index in [-0.39, 0.29) is 0 Å². The second-order valence-corrected chi connectivity index (χ2v) is 5.00. The van der Waals surface area contributed by atoms with E-state index in [9.17, 15) is 0 Å². The molecule has 0 atom stereocenters. The lowest BCUT2D eigenvalue weighted by Crippen LogP contribution is -2.11. The summed E-state index contributed by atoms with van der Waals surface area (Å²) < 4.78 is 7.47. The zero-order valence-electron chi connectivity index (χ0n) is 11.6. The van der Waals surface area contributed by atoms with Gasteiger partial charge in [0.05, 0.1) is 25.3 Å². The summed E-state index contributed by atoms with van der Waals surface area (Å²) in [5.41, 5.74) is 3.26. The highest BCUT2D eigenvalue weighted by atomic mass is 16.5. The van der Waals surface area contributed by atoms with Gasteiger partial charge in [0.1, 0.15) is 11.6 Å². The third-order valence-corrected chi connectivity index (χ3v) is 3.80. The number of hydrogen-bond acceptors (Lipinski definition) is 3. The highest BCUT2D eigenvalue weighted by Gasteiger charge is 2.20. The highest BCUT2D eigenvalue weighted by Crippen LogP contribution is 2.28. The van der Waals surface area contributed by atoms with Crippen molar-refractivity contribution in [2.24, 2.45) is 0 Å². The van der Waals surface area contributed by atoms with E-state index in [0.29, 0.717) is 6.42 Å². The average Bonchev–Trinajstić information content (AvgIpc) is 2.87. The Bertz CT molecular complexity index is 650. The third kappa shape index (κ3) is 2.16. The number of ether oxygens (including phenoxy) is 1. The molecule has 4 heteroatoms. The topological polar surface area (TPSA) is 50.8 Å². The van der Waals surface area contributed by atoms with Gasteiger partial charge in [-0.05, 0) is 43.5 Å². The summed E-state index contributed by atoms with van der Waals surface area (Å²) >= 11 is 0. The van der Waals surface area contributed by atoms with Gasteiger partial charge in [-0.2, -0.15) is 5.26 Å². The van der Waals surface area contributed by atoms with Crippen LogP contribution in [0.15, 0.2) is 24.3 Å². The number of rotatable bonds is 3. The molecular formula is C16H17N3O. The minimum atomic E-state index is 0.394. The first-order chi connectivity index (χ1) is 9.83. The molecule has 0 spiro atoms. The van der Waals surface area contributed by atoms with Crippen molar-refractivity contribution >= 4 is 0 Å². The lowest BCUT2D eigenvalue weighted by atomic mass is 10.1. The molecule has 1 aromatic carbocycles. The predicted molar refractivity (Wildman–Crippen MR) is 76.5 cm³/mol. The number of nitriles is 1. The van der Waals surface area contributed by atoms with Gasteiger partial charge in [0.25, 0.3) is 0 Å². The first-order valence-electron chi connectivity index (χ1n) is 6.93. The van der Waals surface area contributed by atoms with E-state index in [1.807, 2.05) is 24.3 Å². The SMILES string of the molecule is COc1ccc(-c2nc(CC#N)c3n2CCCC3)cc1. The van der Waals surface area contributed by atoms with Crippen molar-refractivity contribution in [2.45, 2.75) is 32.2 Å². The second-order valence-electron chi connectivity index (χ2n) is 5.00. The Kier molecular flexibility index (Phi) is 3.42. The van der Waals surface area contributed by atoms with Crippen LogP contribution in [0.25, 0.3) is 11.4 Å². The zero-order chi connectivity index (χ0) is 13.9. The lowest BCUT2D eigenvalue weighted by molar-refractivity contribution is 0.415. The summed E-state index contributed by atoms with van der Waals surface area (Å²) in [5, 5.41) is 8.95. The van der Waals surface area contributed by atoms with Gasteiger partial charge in [0, 0.05) is 17.8 Å². The molecule has 0 unspecified atom stereocenters. The number of hydrogen-bond donors (Lipinski definition) is 0. The largest absolute Gasteiger partial charge is 0.497 e. The molecule has 0 aliphatic carbocycles. The van der Waals surface area contributed by atoms with Crippen molar-refractivity contribution in [1.82, 2.24) is 9.55 Å². The van der Waals surface area contributed by atoms with Crippen LogP contribution in [0.4, 0.5) is 0 Å². The van der Waals surface area contributed by atoms with Crippen molar-refractivity contribution in [2.75, 3.05) is 7.11 Å². The number of methoxy groups -OCH3 is 1. The van der Waals surface area contributed by atoms with Crippen molar-refractivity contribution in [1.29, 1.82) is 5.26 Å². The fourth-order valence-electron chi connectivity index (χ4n) is 2.80. The summed E-state index contributed by atoms with van der Waals surface area (Å²) in [6.07, 6.45) is 3.79. The predicted octanol–water partition coefficient (Wildman–Crippen LogP) is 2.96. The maximum absolute atomic E-state index is 8.95. The Morgan fingerprint density at radius 1 is 1.30 bits per heavy atom. The van der Waals surface area contributed by atoms with Gasteiger partial charge in [-0.1, -0.05) is 0 Å². The molecule has 102 valence electrons. The minimum absolute atomic E-state index is 0.394. The first-order valence-corrected chi connectivity index (χ1v) is 6.93. The van der Waals surface area contributed by atoms with E-state index in [2.05, 4.69) is 10.6 Å². The highest BCUT2D eigenvalue weighted by molar-refractivity contribution is 5.58. The van der Waals surface area contributed by atoms with Gasteiger partial charge in [-0.25, -0.2) is 4.98 Å². The lowest BCUT2D eigenvalue weighted by Gasteiger charge is -2.17. The van der Waals surface area contributed by atoms with Crippen LogP contribution in [0.3, 0.4) is 0 Å². The molecular weight excluding hydrogens is 250 g/mol. The molecule has 3 rings (SSSR count). The molecule has 0 saturated heterocycles. The quantitative estimate of drug-likeness (QED) is 0.859. The Hall–Kier alpha value is -2.28. The van der Waals surface area contributed by atoms with Crippen LogP contribution in [0.5, 0.6) is 5.75 Å². The Labute approximate surface area is 118 Å². The fraction of sp³-hybridized carbons (Fsp3) is 0.375. The number of fused-ring (bicyclic) bond motifs is 1. The molecule has 2 heterocycles. The van der Waals surface area contributed by atoms with Crippen molar-refractivity contribution in [3.63, 3.8) is 0 Å². The third-order valence-electron chi connectivity index (χ3n) is 3.80. The summed E-state index contributed by atoms with van der Waals surface area (Å²) in [7, 11) is 1.66. The normalized spacial score (nSPS) is 13.6. The standard InChI is InChI=1S/C16H17N3O/c1-20-13-7-5-12(6-8-13)16-18-14(9-10-17)15-4-2-3-11-19(15)16/h5-8H,2-4,9,11H2,1H3. The number of nitrogens with zero attached hydrogens (tertiary/aromatic N) is 3. The maximum atomic E-state index is 8.95. The number of imidazole rings is 1. The van der Waals surface area contributed by atoms with Gasteiger partial charge >= 0.3 is 0 Å². The van der Waals surface area contributed by atoms with Crippen molar-refractivity contribution in [3.05, 3.63) is 35.7 Å². The van der Waals surface area contributed by atoms with Crippen LogP contribution >= 0.6 is 0 Å². The van der Waals surface area contributed by atoms with E-state index in [1.165, 1.54) is 18.5 Å². The summed E-state index contributed by atoms with van der Waals surface area (Å²) in [4.78, 5) is 4.71. The van der Waals surface area contributed by atoms with Crippen molar-refractivity contribution < 1.29 is 4.74 Å². The number of benzene rings is 1. The summed E-state index contributed by atoms with van der Waals surface area (Å²) in [6.45, 7) is 0.995. The van der Waals surface area contributed by atoms with E-state index in [4.69, 9.17) is 15.0 Å². The van der Waals surface area contributed by atoms with Crippen LogP contribution in [0.2, 0.25) is 0 Å². The van der Waals surface area contributed by atoms with Crippen LogP contribution in [-0.4, -0.2) is 16.7 Å². The number of aromatic nitrogens is 2. The molecule has 0 N–H and O–H groups in total.